The third kappa shape index (κ3) is 3.24. The van der Waals surface area contributed by atoms with Crippen LogP contribution in [0.5, 0.6) is 5.75 Å². The first-order chi connectivity index (χ1) is 12.1. The molecule has 0 aliphatic carbocycles. The quantitative estimate of drug-likeness (QED) is 0.845. The van der Waals surface area contributed by atoms with Gasteiger partial charge in [-0.15, -0.1) is 0 Å². The van der Waals surface area contributed by atoms with Crippen LogP contribution < -0.4 is 4.74 Å². The fraction of sp³-hybridized carbons (Fsp3) is 0.600. The van der Waals surface area contributed by atoms with E-state index >= 15 is 0 Å². The highest BCUT2D eigenvalue weighted by molar-refractivity contribution is 5.79. The van der Waals surface area contributed by atoms with Crippen LogP contribution in [0, 0.1) is 11.8 Å². The summed E-state index contributed by atoms with van der Waals surface area (Å²) in [4.78, 5) is 29.2. The fourth-order valence-electron chi connectivity index (χ4n) is 4.84. The number of nitrogens with zero attached hydrogens (tertiary/aromatic N) is 2. The zero-order valence-electron chi connectivity index (χ0n) is 14.8. The van der Waals surface area contributed by atoms with Crippen molar-refractivity contribution >= 4 is 11.8 Å². The third-order valence-electron chi connectivity index (χ3n) is 6.05. The Labute approximate surface area is 148 Å². The maximum absolute atomic E-state index is 12.8. The second-order valence-electron chi connectivity index (χ2n) is 7.69. The van der Waals surface area contributed by atoms with E-state index in [0.29, 0.717) is 36.6 Å². The van der Waals surface area contributed by atoms with Crippen molar-refractivity contribution in [2.24, 2.45) is 11.8 Å². The monoisotopic (exact) mass is 342 g/mol. The van der Waals surface area contributed by atoms with E-state index in [-0.39, 0.29) is 5.91 Å². The number of piperidine rings is 3. The minimum absolute atomic E-state index is 0.204. The van der Waals surface area contributed by atoms with Gasteiger partial charge in [-0.25, -0.2) is 0 Å². The van der Waals surface area contributed by atoms with Crippen LogP contribution in [0.2, 0.25) is 0 Å². The van der Waals surface area contributed by atoms with Gasteiger partial charge in [0.1, 0.15) is 5.75 Å². The van der Waals surface area contributed by atoms with Crippen molar-refractivity contribution in [3.8, 4) is 5.75 Å². The van der Waals surface area contributed by atoms with Gasteiger partial charge in [0.2, 0.25) is 11.8 Å². The Hall–Kier alpha value is -2.04. The summed E-state index contributed by atoms with van der Waals surface area (Å²) in [7, 11) is 1.64. The van der Waals surface area contributed by atoms with Crippen molar-refractivity contribution in [3.63, 3.8) is 0 Å². The maximum Gasteiger partial charge on any atom is 0.227 e. The van der Waals surface area contributed by atoms with E-state index in [0.717, 1.165) is 43.8 Å². The Morgan fingerprint density at radius 3 is 2.76 bits per heavy atom. The van der Waals surface area contributed by atoms with Crippen LogP contribution in [-0.4, -0.2) is 54.4 Å². The summed E-state index contributed by atoms with van der Waals surface area (Å²) in [6, 6.07) is 8.08. The van der Waals surface area contributed by atoms with Crippen LogP contribution in [0.1, 0.15) is 31.2 Å². The van der Waals surface area contributed by atoms with Gasteiger partial charge in [-0.2, -0.15) is 0 Å². The largest absolute Gasteiger partial charge is 0.497 e. The average Bonchev–Trinajstić information content (AvgIpc) is 2.63. The molecule has 3 fully saturated rings. The smallest absolute Gasteiger partial charge is 0.227 e. The van der Waals surface area contributed by atoms with Gasteiger partial charge in [-0.3, -0.25) is 9.59 Å². The Bertz CT molecular complexity index is 657. The lowest BCUT2D eigenvalue weighted by molar-refractivity contribution is -0.148. The number of carbonyl (C=O) groups is 2. The molecule has 2 bridgehead atoms. The minimum Gasteiger partial charge on any atom is -0.497 e. The number of amides is 2. The third-order valence-corrected chi connectivity index (χ3v) is 6.05. The Kier molecular flexibility index (Phi) is 4.40. The Morgan fingerprint density at radius 1 is 1.20 bits per heavy atom. The van der Waals surface area contributed by atoms with Gasteiger partial charge in [0.25, 0.3) is 0 Å². The molecule has 1 aromatic carbocycles. The van der Waals surface area contributed by atoms with E-state index in [9.17, 15) is 9.59 Å². The summed E-state index contributed by atoms with van der Waals surface area (Å²) >= 11 is 0. The van der Waals surface area contributed by atoms with Gasteiger partial charge in [0, 0.05) is 32.1 Å². The normalized spacial score (nSPS) is 28.5. The predicted octanol–water partition coefficient (Wildman–Crippen LogP) is 2.10. The SMILES string of the molecule is COc1ccc(CC(=O)N2C[C@H]3C[C@H](C2)[C@@H]2CCCC(=O)N2C3)cc1. The van der Waals surface area contributed by atoms with Crippen LogP contribution >= 0.6 is 0 Å². The van der Waals surface area contributed by atoms with Gasteiger partial charge in [-0.05, 0) is 48.8 Å². The zero-order chi connectivity index (χ0) is 17.4. The minimum atomic E-state index is 0.204. The molecule has 5 nitrogen and oxygen atoms in total. The van der Waals surface area contributed by atoms with Crippen molar-refractivity contribution in [1.82, 2.24) is 9.80 Å². The van der Waals surface area contributed by atoms with E-state index < -0.39 is 0 Å². The van der Waals surface area contributed by atoms with Gasteiger partial charge >= 0.3 is 0 Å². The van der Waals surface area contributed by atoms with Crippen LogP contribution in [-0.2, 0) is 16.0 Å². The number of ether oxygens (including phenoxy) is 1. The summed E-state index contributed by atoms with van der Waals surface area (Å²) in [6.45, 7) is 2.44. The topological polar surface area (TPSA) is 49.9 Å². The first-order valence-electron chi connectivity index (χ1n) is 9.34. The predicted molar refractivity (Wildman–Crippen MR) is 94.2 cm³/mol. The molecule has 3 aliphatic heterocycles. The molecule has 3 aliphatic rings. The van der Waals surface area contributed by atoms with Crippen molar-refractivity contribution in [2.75, 3.05) is 26.7 Å². The van der Waals surface area contributed by atoms with Crippen molar-refractivity contribution < 1.29 is 14.3 Å². The molecular weight excluding hydrogens is 316 g/mol. The van der Waals surface area contributed by atoms with Gasteiger partial charge in [0.15, 0.2) is 0 Å². The molecule has 4 rings (SSSR count). The average molecular weight is 342 g/mol. The molecule has 0 spiro atoms. The van der Waals surface area contributed by atoms with Crippen molar-refractivity contribution in [1.29, 1.82) is 0 Å². The fourth-order valence-corrected chi connectivity index (χ4v) is 4.84. The summed E-state index contributed by atoms with van der Waals surface area (Å²) in [5.74, 6) is 2.23. The van der Waals surface area contributed by atoms with E-state index in [1.807, 2.05) is 29.2 Å². The summed E-state index contributed by atoms with van der Waals surface area (Å²) in [5, 5.41) is 0. The lowest BCUT2D eigenvalue weighted by Gasteiger charge is -2.52. The molecule has 0 aromatic heterocycles. The van der Waals surface area contributed by atoms with E-state index in [1.54, 1.807) is 7.11 Å². The lowest BCUT2D eigenvalue weighted by Crippen LogP contribution is -2.61. The van der Waals surface area contributed by atoms with Gasteiger partial charge in [0.05, 0.1) is 13.5 Å². The van der Waals surface area contributed by atoms with Gasteiger partial charge < -0.3 is 14.5 Å². The molecule has 5 heteroatoms. The van der Waals surface area contributed by atoms with Crippen LogP contribution in [0.3, 0.4) is 0 Å². The molecule has 0 radical (unpaired) electrons. The molecule has 3 heterocycles. The second-order valence-corrected chi connectivity index (χ2v) is 7.69. The molecule has 25 heavy (non-hydrogen) atoms. The van der Waals surface area contributed by atoms with E-state index in [1.165, 1.54) is 6.42 Å². The highest BCUT2D eigenvalue weighted by atomic mass is 16.5. The molecule has 1 aromatic rings. The van der Waals surface area contributed by atoms with Crippen LogP contribution in [0.15, 0.2) is 24.3 Å². The molecular formula is C20H26N2O3. The summed E-state index contributed by atoms with van der Waals surface area (Å²) in [6.07, 6.45) is 4.41. The molecule has 134 valence electrons. The van der Waals surface area contributed by atoms with Crippen LogP contribution in [0.4, 0.5) is 0 Å². The van der Waals surface area contributed by atoms with E-state index in [4.69, 9.17) is 4.74 Å². The number of methoxy groups -OCH3 is 1. The first kappa shape index (κ1) is 16.4. The zero-order valence-corrected chi connectivity index (χ0v) is 14.8. The maximum atomic E-state index is 12.8. The standard InChI is InChI=1S/C20H26N2O3/c1-25-17-7-5-14(6-8-17)10-20(24)21-11-15-9-16(13-21)18-3-2-4-19(23)22(18)12-15/h5-8,15-16,18H,2-4,9-13H2,1H3/t15-,16-,18+/m1/s1. The van der Waals surface area contributed by atoms with Gasteiger partial charge in [-0.1, -0.05) is 12.1 Å². The Balaban J connectivity index is 1.42. The molecule has 2 amide bonds. The number of fused-ring (bicyclic) bond motifs is 4. The number of benzene rings is 1. The lowest BCUT2D eigenvalue weighted by atomic mass is 9.76. The molecule has 3 saturated heterocycles. The highest BCUT2D eigenvalue weighted by Crippen LogP contribution is 2.38. The Morgan fingerprint density at radius 2 is 2.00 bits per heavy atom. The molecule has 0 unspecified atom stereocenters. The first-order valence-corrected chi connectivity index (χ1v) is 9.34. The van der Waals surface area contributed by atoms with Crippen molar-refractivity contribution in [3.05, 3.63) is 29.8 Å². The second kappa shape index (κ2) is 6.70. The molecule has 0 saturated carbocycles. The van der Waals surface area contributed by atoms with Crippen LogP contribution in [0.25, 0.3) is 0 Å². The number of rotatable bonds is 3. The molecule has 0 N–H and O–H groups in total. The van der Waals surface area contributed by atoms with E-state index in [2.05, 4.69) is 4.90 Å². The summed E-state index contributed by atoms with van der Waals surface area (Å²) in [5.41, 5.74) is 1.02. The number of hydrogen-bond acceptors (Lipinski definition) is 3. The highest BCUT2D eigenvalue weighted by Gasteiger charge is 2.44. The number of carbonyl (C=O) groups excluding carboxylic acids is 2. The molecule has 3 atom stereocenters. The number of hydrogen-bond donors (Lipinski definition) is 0. The number of likely N-dealkylation sites (tertiary alicyclic amines) is 1. The summed E-state index contributed by atoms with van der Waals surface area (Å²) < 4.78 is 5.17. The van der Waals surface area contributed by atoms with Crippen molar-refractivity contribution in [2.45, 2.75) is 38.1 Å².